The molecule has 2 rings (SSSR count). The molecule has 2 aromatic rings. The normalized spacial score (nSPS) is 9.83. The molecule has 0 aliphatic heterocycles. The SMILES string of the molecule is CC(=O)Nc1cccc(OCc2cccnc2)c1. The molecule has 1 amide bonds. The molecule has 0 aliphatic rings. The van der Waals surface area contributed by atoms with E-state index in [0.29, 0.717) is 12.4 Å². The topological polar surface area (TPSA) is 51.2 Å². The van der Waals surface area contributed by atoms with Gasteiger partial charge in [0.1, 0.15) is 12.4 Å². The van der Waals surface area contributed by atoms with E-state index in [1.54, 1.807) is 18.5 Å². The summed E-state index contributed by atoms with van der Waals surface area (Å²) >= 11 is 0. The molecule has 1 N–H and O–H groups in total. The number of nitrogens with one attached hydrogen (secondary N) is 1. The predicted molar refractivity (Wildman–Crippen MR) is 69.3 cm³/mol. The van der Waals surface area contributed by atoms with Crippen molar-refractivity contribution in [2.24, 2.45) is 0 Å². The minimum Gasteiger partial charge on any atom is -0.489 e. The summed E-state index contributed by atoms with van der Waals surface area (Å²) in [5.41, 5.74) is 1.73. The van der Waals surface area contributed by atoms with Gasteiger partial charge >= 0.3 is 0 Å². The van der Waals surface area contributed by atoms with E-state index in [1.807, 2.05) is 30.3 Å². The minimum absolute atomic E-state index is 0.0978. The van der Waals surface area contributed by atoms with Crippen molar-refractivity contribution < 1.29 is 9.53 Å². The van der Waals surface area contributed by atoms with Gasteiger partial charge in [-0.15, -0.1) is 0 Å². The fourth-order valence-corrected chi connectivity index (χ4v) is 1.52. The lowest BCUT2D eigenvalue weighted by molar-refractivity contribution is -0.114. The summed E-state index contributed by atoms with van der Waals surface area (Å²) < 4.78 is 5.62. The standard InChI is InChI=1S/C14H14N2O2/c1-11(17)16-13-5-2-6-14(8-13)18-10-12-4-3-7-15-9-12/h2-9H,10H2,1H3,(H,16,17). The predicted octanol–water partition coefficient (Wildman–Crippen LogP) is 2.62. The number of hydrogen-bond donors (Lipinski definition) is 1. The third kappa shape index (κ3) is 3.59. The van der Waals surface area contributed by atoms with Gasteiger partial charge in [0.05, 0.1) is 0 Å². The van der Waals surface area contributed by atoms with Crippen molar-refractivity contribution >= 4 is 11.6 Å². The molecule has 1 aromatic heterocycles. The molecule has 4 nitrogen and oxygen atoms in total. The van der Waals surface area contributed by atoms with Gasteiger partial charge in [0, 0.05) is 36.6 Å². The molecular formula is C14H14N2O2. The molecule has 92 valence electrons. The summed E-state index contributed by atoms with van der Waals surface area (Å²) in [6.45, 7) is 1.93. The average molecular weight is 242 g/mol. The van der Waals surface area contributed by atoms with Gasteiger partial charge in [0.15, 0.2) is 0 Å². The molecule has 0 fully saturated rings. The molecular weight excluding hydrogens is 228 g/mol. The third-order valence-electron chi connectivity index (χ3n) is 2.28. The first-order valence-electron chi connectivity index (χ1n) is 5.63. The van der Waals surface area contributed by atoms with Crippen LogP contribution in [0.25, 0.3) is 0 Å². The van der Waals surface area contributed by atoms with Gasteiger partial charge < -0.3 is 10.1 Å². The van der Waals surface area contributed by atoms with Crippen molar-refractivity contribution in [3.05, 3.63) is 54.4 Å². The van der Waals surface area contributed by atoms with Crippen molar-refractivity contribution in [2.75, 3.05) is 5.32 Å². The molecule has 0 unspecified atom stereocenters. The maximum absolute atomic E-state index is 10.9. The van der Waals surface area contributed by atoms with Crippen molar-refractivity contribution in [3.63, 3.8) is 0 Å². The molecule has 0 saturated heterocycles. The molecule has 0 atom stereocenters. The van der Waals surface area contributed by atoms with Gasteiger partial charge in [-0.05, 0) is 18.2 Å². The largest absolute Gasteiger partial charge is 0.489 e. The van der Waals surface area contributed by atoms with E-state index in [1.165, 1.54) is 6.92 Å². The summed E-state index contributed by atoms with van der Waals surface area (Å²) in [5.74, 6) is 0.615. The van der Waals surface area contributed by atoms with E-state index in [0.717, 1.165) is 11.3 Å². The number of ether oxygens (including phenoxy) is 1. The van der Waals surface area contributed by atoms with Crippen LogP contribution in [-0.4, -0.2) is 10.9 Å². The quantitative estimate of drug-likeness (QED) is 0.896. The van der Waals surface area contributed by atoms with Crippen molar-refractivity contribution in [1.82, 2.24) is 4.98 Å². The highest BCUT2D eigenvalue weighted by Gasteiger charge is 1.99. The van der Waals surface area contributed by atoms with Gasteiger partial charge in [-0.1, -0.05) is 12.1 Å². The Labute approximate surface area is 106 Å². The van der Waals surface area contributed by atoms with Crippen LogP contribution in [0.15, 0.2) is 48.8 Å². The molecule has 1 aromatic carbocycles. The fraction of sp³-hybridized carbons (Fsp3) is 0.143. The Balaban J connectivity index is 1.99. The second kappa shape index (κ2) is 5.82. The van der Waals surface area contributed by atoms with Crippen LogP contribution in [0.1, 0.15) is 12.5 Å². The Kier molecular flexibility index (Phi) is 3.91. The number of amides is 1. The number of carbonyl (C=O) groups is 1. The lowest BCUT2D eigenvalue weighted by Gasteiger charge is -2.08. The Morgan fingerprint density at radius 1 is 1.33 bits per heavy atom. The number of pyridine rings is 1. The Morgan fingerprint density at radius 2 is 2.22 bits per heavy atom. The van der Waals surface area contributed by atoms with Crippen LogP contribution in [0.2, 0.25) is 0 Å². The second-order valence-corrected chi connectivity index (χ2v) is 3.86. The number of benzene rings is 1. The Hall–Kier alpha value is -2.36. The van der Waals surface area contributed by atoms with E-state index >= 15 is 0 Å². The highest BCUT2D eigenvalue weighted by molar-refractivity contribution is 5.88. The van der Waals surface area contributed by atoms with E-state index < -0.39 is 0 Å². The Morgan fingerprint density at radius 3 is 2.94 bits per heavy atom. The summed E-state index contributed by atoms with van der Waals surface area (Å²) in [5, 5.41) is 2.71. The summed E-state index contributed by atoms with van der Waals surface area (Å²) in [6, 6.07) is 11.1. The van der Waals surface area contributed by atoms with Crippen molar-refractivity contribution in [2.45, 2.75) is 13.5 Å². The Bertz CT molecular complexity index is 526. The van der Waals surface area contributed by atoms with Gasteiger partial charge in [-0.3, -0.25) is 9.78 Å². The smallest absolute Gasteiger partial charge is 0.221 e. The van der Waals surface area contributed by atoms with Gasteiger partial charge in [-0.2, -0.15) is 0 Å². The number of aromatic nitrogens is 1. The molecule has 4 heteroatoms. The number of rotatable bonds is 4. The summed E-state index contributed by atoms with van der Waals surface area (Å²) in [6.07, 6.45) is 3.48. The number of anilines is 1. The zero-order valence-corrected chi connectivity index (χ0v) is 10.1. The molecule has 0 aliphatic carbocycles. The molecule has 0 bridgehead atoms. The van der Waals surface area contributed by atoms with Crippen LogP contribution in [-0.2, 0) is 11.4 Å². The lowest BCUT2D eigenvalue weighted by atomic mass is 10.3. The zero-order chi connectivity index (χ0) is 12.8. The van der Waals surface area contributed by atoms with Crippen LogP contribution in [0.4, 0.5) is 5.69 Å². The van der Waals surface area contributed by atoms with Gasteiger partial charge in [0.25, 0.3) is 0 Å². The zero-order valence-electron chi connectivity index (χ0n) is 10.1. The maximum atomic E-state index is 10.9. The fourth-order valence-electron chi connectivity index (χ4n) is 1.52. The summed E-state index contributed by atoms with van der Waals surface area (Å²) in [7, 11) is 0. The maximum Gasteiger partial charge on any atom is 0.221 e. The number of carbonyl (C=O) groups excluding carboxylic acids is 1. The highest BCUT2D eigenvalue weighted by Crippen LogP contribution is 2.18. The van der Waals surface area contributed by atoms with Crippen LogP contribution in [0.5, 0.6) is 5.75 Å². The first-order chi connectivity index (χ1) is 8.74. The first-order valence-corrected chi connectivity index (χ1v) is 5.63. The van der Waals surface area contributed by atoms with Crippen LogP contribution in [0, 0.1) is 0 Å². The van der Waals surface area contributed by atoms with Crippen LogP contribution in [0.3, 0.4) is 0 Å². The molecule has 0 saturated carbocycles. The first kappa shape index (κ1) is 12.1. The second-order valence-electron chi connectivity index (χ2n) is 3.86. The van der Waals surface area contributed by atoms with Crippen molar-refractivity contribution in [3.8, 4) is 5.75 Å². The average Bonchev–Trinajstić information content (AvgIpc) is 2.37. The van der Waals surface area contributed by atoms with Crippen molar-refractivity contribution in [1.29, 1.82) is 0 Å². The van der Waals surface area contributed by atoms with E-state index in [9.17, 15) is 4.79 Å². The highest BCUT2D eigenvalue weighted by atomic mass is 16.5. The molecule has 0 spiro atoms. The van der Waals surface area contributed by atoms with E-state index in [2.05, 4.69) is 10.3 Å². The van der Waals surface area contributed by atoms with E-state index in [-0.39, 0.29) is 5.91 Å². The molecule has 1 heterocycles. The van der Waals surface area contributed by atoms with Crippen LogP contribution >= 0.6 is 0 Å². The molecule has 0 radical (unpaired) electrons. The minimum atomic E-state index is -0.0978. The monoisotopic (exact) mass is 242 g/mol. The third-order valence-corrected chi connectivity index (χ3v) is 2.28. The number of nitrogens with zero attached hydrogens (tertiary/aromatic N) is 1. The summed E-state index contributed by atoms with van der Waals surface area (Å²) in [4.78, 5) is 15.0. The number of hydrogen-bond acceptors (Lipinski definition) is 3. The van der Waals surface area contributed by atoms with Gasteiger partial charge in [-0.25, -0.2) is 0 Å². The van der Waals surface area contributed by atoms with Gasteiger partial charge in [0.2, 0.25) is 5.91 Å². The van der Waals surface area contributed by atoms with Crippen LogP contribution < -0.4 is 10.1 Å². The van der Waals surface area contributed by atoms with E-state index in [4.69, 9.17) is 4.74 Å². The molecule has 18 heavy (non-hydrogen) atoms. The lowest BCUT2D eigenvalue weighted by Crippen LogP contribution is -2.05.